The predicted molar refractivity (Wildman–Crippen MR) is 77.5 cm³/mol. The molecular weight excluding hydrogens is 254 g/mol. The summed E-state index contributed by atoms with van der Waals surface area (Å²) in [5.74, 6) is 0. The van der Waals surface area contributed by atoms with E-state index >= 15 is 0 Å². The molecule has 1 aliphatic rings. The summed E-state index contributed by atoms with van der Waals surface area (Å²) in [5, 5.41) is 15.5. The third-order valence-corrected chi connectivity index (χ3v) is 3.86. The number of nitrogens with one attached hydrogen (secondary N) is 2. The van der Waals surface area contributed by atoms with Crippen LogP contribution in [0.25, 0.3) is 0 Å². The summed E-state index contributed by atoms with van der Waals surface area (Å²) < 4.78 is 0. The summed E-state index contributed by atoms with van der Waals surface area (Å²) in [5.41, 5.74) is 2.33. The van der Waals surface area contributed by atoms with Crippen LogP contribution < -0.4 is 10.6 Å². The number of urea groups is 1. The monoisotopic (exact) mass is 277 g/mol. The minimum Gasteiger partial charge on any atom is -0.391 e. The number of aromatic nitrogens is 1. The maximum Gasteiger partial charge on any atom is 0.315 e. The summed E-state index contributed by atoms with van der Waals surface area (Å²) in [7, 11) is 0. The maximum absolute atomic E-state index is 11.8. The van der Waals surface area contributed by atoms with Crippen molar-refractivity contribution in [2.75, 3.05) is 6.54 Å². The minimum atomic E-state index is -0.406. The van der Waals surface area contributed by atoms with Crippen LogP contribution in [0.15, 0.2) is 18.5 Å². The second kappa shape index (κ2) is 7.24. The molecule has 1 saturated carbocycles. The van der Waals surface area contributed by atoms with Gasteiger partial charge in [0, 0.05) is 18.9 Å². The van der Waals surface area contributed by atoms with Crippen LogP contribution in [0, 0.1) is 6.92 Å². The second-order valence-electron chi connectivity index (χ2n) is 5.41. The fourth-order valence-electron chi connectivity index (χ4n) is 2.59. The van der Waals surface area contributed by atoms with E-state index in [9.17, 15) is 9.90 Å². The highest BCUT2D eigenvalue weighted by atomic mass is 16.3. The first-order valence-electron chi connectivity index (χ1n) is 7.29. The van der Waals surface area contributed by atoms with Gasteiger partial charge in [-0.15, -0.1) is 0 Å². The van der Waals surface area contributed by atoms with Crippen molar-refractivity contribution in [3.8, 4) is 0 Å². The Morgan fingerprint density at radius 1 is 1.45 bits per heavy atom. The molecule has 1 heterocycles. The standard InChI is InChI=1S/C15H23N3O2/c1-11-10-16-8-6-12(11)7-9-17-15(20)18-13-4-2-3-5-14(13)19/h6,8,10,13-14,19H,2-5,7,9H2,1H3,(H2,17,18,20). The van der Waals surface area contributed by atoms with Crippen molar-refractivity contribution in [1.29, 1.82) is 0 Å². The van der Waals surface area contributed by atoms with E-state index in [4.69, 9.17) is 0 Å². The third kappa shape index (κ3) is 4.20. The first-order valence-corrected chi connectivity index (χ1v) is 7.29. The Morgan fingerprint density at radius 3 is 3.00 bits per heavy atom. The Kier molecular flexibility index (Phi) is 5.35. The van der Waals surface area contributed by atoms with Gasteiger partial charge in [0.25, 0.3) is 0 Å². The number of hydrogen-bond acceptors (Lipinski definition) is 3. The Labute approximate surface area is 119 Å². The van der Waals surface area contributed by atoms with Gasteiger partial charge in [-0.2, -0.15) is 0 Å². The van der Waals surface area contributed by atoms with Crippen molar-refractivity contribution < 1.29 is 9.90 Å². The molecule has 2 amide bonds. The first-order chi connectivity index (χ1) is 9.66. The smallest absolute Gasteiger partial charge is 0.315 e. The lowest BCUT2D eigenvalue weighted by Gasteiger charge is -2.28. The number of carbonyl (C=O) groups excluding carboxylic acids is 1. The average Bonchev–Trinajstić information content (AvgIpc) is 2.43. The number of aliphatic hydroxyl groups excluding tert-OH is 1. The number of nitrogens with zero attached hydrogens (tertiary/aromatic N) is 1. The van der Waals surface area contributed by atoms with Gasteiger partial charge in [0.2, 0.25) is 0 Å². The highest BCUT2D eigenvalue weighted by molar-refractivity contribution is 5.74. The van der Waals surface area contributed by atoms with Crippen LogP contribution >= 0.6 is 0 Å². The van der Waals surface area contributed by atoms with Gasteiger partial charge in [-0.05, 0) is 43.4 Å². The number of pyridine rings is 1. The van der Waals surface area contributed by atoms with Crippen molar-refractivity contribution in [2.45, 2.75) is 51.2 Å². The van der Waals surface area contributed by atoms with Crippen molar-refractivity contribution in [3.63, 3.8) is 0 Å². The summed E-state index contributed by atoms with van der Waals surface area (Å²) >= 11 is 0. The van der Waals surface area contributed by atoms with Gasteiger partial charge < -0.3 is 15.7 Å². The molecule has 1 aromatic rings. The number of rotatable bonds is 4. The van der Waals surface area contributed by atoms with Crippen molar-refractivity contribution >= 4 is 6.03 Å². The van der Waals surface area contributed by atoms with E-state index in [1.165, 1.54) is 5.56 Å². The lowest BCUT2D eigenvalue weighted by atomic mass is 9.93. The zero-order chi connectivity index (χ0) is 14.4. The molecule has 0 aliphatic heterocycles. The summed E-state index contributed by atoms with van der Waals surface area (Å²) in [6, 6.07) is 1.67. The molecule has 0 bridgehead atoms. The molecule has 1 aromatic heterocycles. The van der Waals surface area contributed by atoms with Gasteiger partial charge in [-0.25, -0.2) is 4.79 Å². The Hall–Kier alpha value is -1.62. The Morgan fingerprint density at radius 2 is 2.25 bits per heavy atom. The molecule has 2 unspecified atom stereocenters. The van der Waals surface area contributed by atoms with Gasteiger partial charge in [0.1, 0.15) is 0 Å². The molecule has 1 aliphatic carbocycles. The van der Waals surface area contributed by atoms with Crippen LogP contribution in [0.4, 0.5) is 4.79 Å². The number of carbonyl (C=O) groups is 1. The van der Waals surface area contributed by atoms with Crippen LogP contribution in [0.2, 0.25) is 0 Å². The molecular formula is C15H23N3O2. The summed E-state index contributed by atoms with van der Waals surface area (Å²) in [6.45, 7) is 2.60. The lowest BCUT2D eigenvalue weighted by Crippen LogP contribution is -2.49. The topological polar surface area (TPSA) is 74.2 Å². The molecule has 2 rings (SSSR count). The lowest BCUT2D eigenvalue weighted by molar-refractivity contribution is 0.0943. The van der Waals surface area contributed by atoms with E-state index in [-0.39, 0.29) is 12.1 Å². The Balaban J connectivity index is 1.71. The molecule has 0 radical (unpaired) electrons. The number of hydrogen-bond donors (Lipinski definition) is 3. The molecule has 1 fully saturated rings. The maximum atomic E-state index is 11.8. The highest BCUT2D eigenvalue weighted by Gasteiger charge is 2.24. The molecule has 0 saturated heterocycles. The van der Waals surface area contributed by atoms with Crippen LogP contribution in [0.5, 0.6) is 0 Å². The van der Waals surface area contributed by atoms with Crippen molar-refractivity contribution in [3.05, 3.63) is 29.6 Å². The summed E-state index contributed by atoms with van der Waals surface area (Å²) in [4.78, 5) is 15.8. The zero-order valence-corrected chi connectivity index (χ0v) is 11.9. The predicted octanol–water partition coefficient (Wildman–Crippen LogP) is 1.54. The quantitative estimate of drug-likeness (QED) is 0.781. The van der Waals surface area contributed by atoms with Gasteiger partial charge in [-0.3, -0.25) is 4.98 Å². The second-order valence-corrected chi connectivity index (χ2v) is 5.41. The molecule has 110 valence electrons. The minimum absolute atomic E-state index is 0.105. The fraction of sp³-hybridized carbons (Fsp3) is 0.600. The zero-order valence-electron chi connectivity index (χ0n) is 11.9. The van der Waals surface area contributed by atoms with Crippen LogP contribution in [-0.4, -0.2) is 34.8 Å². The Bertz CT molecular complexity index is 450. The highest BCUT2D eigenvalue weighted by Crippen LogP contribution is 2.18. The summed E-state index contributed by atoms with van der Waals surface area (Å²) in [6.07, 6.45) is 7.72. The average molecular weight is 277 g/mol. The van der Waals surface area contributed by atoms with E-state index < -0.39 is 6.10 Å². The molecule has 5 heteroatoms. The van der Waals surface area contributed by atoms with Gasteiger partial charge in [0.15, 0.2) is 0 Å². The number of amides is 2. The van der Waals surface area contributed by atoms with E-state index in [2.05, 4.69) is 15.6 Å². The van der Waals surface area contributed by atoms with Gasteiger partial charge >= 0.3 is 6.03 Å². The molecule has 0 spiro atoms. The molecule has 3 N–H and O–H groups in total. The first kappa shape index (κ1) is 14.8. The molecule has 5 nitrogen and oxygen atoms in total. The van der Waals surface area contributed by atoms with Crippen LogP contribution in [0.1, 0.15) is 36.8 Å². The normalized spacial score (nSPS) is 22.3. The van der Waals surface area contributed by atoms with Crippen molar-refractivity contribution in [1.82, 2.24) is 15.6 Å². The third-order valence-electron chi connectivity index (χ3n) is 3.86. The number of aryl methyl sites for hydroxylation is 1. The van der Waals surface area contributed by atoms with Gasteiger partial charge in [0.05, 0.1) is 12.1 Å². The molecule has 2 atom stereocenters. The van der Waals surface area contributed by atoms with Crippen molar-refractivity contribution in [2.24, 2.45) is 0 Å². The number of aliphatic hydroxyl groups is 1. The van der Waals surface area contributed by atoms with Crippen LogP contribution in [-0.2, 0) is 6.42 Å². The molecule has 20 heavy (non-hydrogen) atoms. The molecule has 0 aromatic carbocycles. The van der Waals surface area contributed by atoms with Gasteiger partial charge in [-0.1, -0.05) is 12.8 Å². The van der Waals surface area contributed by atoms with E-state index in [0.717, 1.165) is 37.7 Å². The largest absolute Gasteiger partial charge is 0.391 e. The SMILES string of the molecule is Cc1cnccc1CCNC(=O)NC1CCCCC1O. The fourth-order valence-corrected chi connectivity index (χ4v) is 2.59. The van der Waals surface area contributed by atoms with Crippen LogP contribution in [0.3, 0.4) is 0 Å². The van der Waals surface area contributed by atoms with E-state index in [1.54, 1.807) is 6.20 Å². The van der Waals surface area contributed by atoms with E-state index in [1.807, 2.05) is 19.2 Å². The van der Waals surface area contributed by atoms with E-state index in [0.29, 0.717) is 6.54 Å².